The number of carbonyl (C=O) groups excluding carboxylic acids is 1. The number of carbonyl (C=O) groups is 1. The van der Waals surface area contributed by atoms with E-state index in [4.69, 9.17) is 4.74 Å². The monoisotopic (exact) mass is 287 g/mol. The largest absolute Gasteiger partial charge is 0.465 e. The summed E-state index contributed by atoms with van der Waals surface area (Å²) >= 11 is 0. The number of ether oxygens (including phenoxy) is 1. The lowest BCUT2D eigenvalue weighted by atomic mass is 9.82. The van der Waals surface area contributed by atoms with Gasteiger partial charge in [0.25, 0.3) is 0 Å². The number of fused-ring (bicyclic) bond motifs is 1. The van der Waals surface area contributed by atoms with E-state index in [0.29, 0.717) is 19.1 Å². The van der Waals surface area contributed by atoms with Crippen LogP contribution in [0, 0.1) is 0 Å². The second kappa shape index (κ2) is 7.99. The standard InChI is InChI=1S/C18H25NO2/c1-3-12-19(14-18(20)21-4-2)13-16-10-7-9-15-8-5-6-11-17(15)16/h3,5-6,8,11,16H,1,4,7,9-10,12-14H2,2H3. The maximum absolute atomic E-state index is 11.7. The number of hydrogen-bond acceptors (Lipinski definition) is 3. The Morgan fingerprint density at radius 3 is 3.05 bits per heavy atom. The molecule has 0 N–H and O–H groups in total. The molecule has 0 aliphatic heterocycles. The SMILES string of the molecule is C=CCN(CC(=O)OCC)CC1CCCc2ccccc21. The van der Waals surface area contributed by atoms with Gasteiger partial charge in [0.05, 0.1) is 13.2 Å². The second-order valence-electron chi connectivity index (χ2n) is 5.58. The summed E-state index contributed by atoms with van der Waals surface area (Å²) in [6.07, 6.45) is 5.44. The lowest BCUT2D eigenvalue weighted by Gasteiger charge is -2.30. The topological polar surface area (TPSA) is 29.5 Å². The van der Waals surface area contributed by atoms with Gasteiger partial charge in [-0.15, -0.1) is 6.58 Å². The fourth-order valence-corrected chi connectivity index (χ4v) is 3.13. The molecule has 1 aromatic rings. The number of esters is 1. The van der Waals surface area contributed by atoms with E-state index in [9.17, 15) is 4.79 Å². The predicted molar refractivity (Wildman–Crippen MR) is 85.4 cm³/mol. The number of aryl methyl sites for hydroxylation is 1. The van der Waals surface area contributed by atoms with Crippen molar-refractivity contribution in [2.75, 3.05) is 26.2 Å². The molecule has 1 unspecified atom stereocenters. The smallest absolute Gasteiger partial charge is 0.320 e. The highest BCUT2D eigenvalue weighted by Gasteiger charge is 2.23. The Morgan fingerprint density at radius 1 is 1.48 bits per heavy atom. The molecule has 3 nitrogen and oxygen atoms in total. The van der Waals surface area contributed by atoms with E-state index < -0.39 is 0 Å². The second-order valence-corrected chi connectivity index (χ2v) is 5.58. The minimum Gasteiger partial charge on any atom is -0.465 e. The van der Waals surface area contributed by atoms with E-state index >= 15 is 0 Å². The van der Waals surface area contributed by atoms with Crippen LogP contribution in [-0.2, 0) is 16.0 Å². The van der Waals surface area contributed by atoms with Crippen molar-refractivity contribution >= 4 is 5.97 Å². The van der Waals surface area contributed by atoms with Crippen molar-refractivity contribution in [2.24, 2.45) is 0 Å². The molecule has 3 heteroatoms. The van der Waals surface area contributed by atoms with Crippen LogP contribution in [0.15, 0.2) is 36.9 Å². The number of nitrogens with zero attached hydrogens (tertiary/aromatic N) is 1. The lowest BCUT2D eigenvalue weighted by Crippen LogP contribution is -2.35. The maximum atomic E-state index is 11.7. The van der Waals surface area contributed by atoms with Crippen molar-refractivity contribution in [3.63, 3.8) is 0 Å². The fourth-order valence-electron chi connectivity index (χ4n) is 3.13. The van der Waals surface area contributed by atoms with Crippen molar-refractivity contribution in [3.05, 3.63) is 48.0 Å². The molecule has 0 saturated heterocycles. The van der Waals surface area contributed by atoms with Crippen LogP contribution in [-0.4, -0.2) is 37.1 Å². The summed E-state index contributed by atoms with van der Waals surface area (Å²) in [6, 6.07) is 8.68. The summed E-state index contributed by atoms with van der Waals surface area (Å²) in [5, 5.41) is 0. The van der Waals surface area contributed by atoms with Crippen LogP contribution in [0.2, 0.25) is 0 Å². The van der Waals surface area contributed by atoms with E-state index in [1.807, 2.05) is 13.0 Å². The summed E-state index contributed by atoms with van der Waals surface area (Å²) < 4.78 is 5.06. The fraction of sp³-hybridized carbons (Fsp3) is 0.500. The highest BCUT2D eigenvalue weighted by molar-refractivity contribution is 5.71. The Balaban J connectivity index is 2.03. The van der Waals surface area contributed by atoms with E-state index in [1.165, 1.54) is 30.4 Å². The minimum absolute atomic E-state index is 0.150. The first kappa shape index (κ1) is 15.8. The first-order valence-corrected chi connectivity index (χ1v) is 7.81. The van der Waals surface area contributed by atoms with Gasteiger partial charge >= 0.3 is 5.97 Å². The molecule has 1 atom stereocenters. The molecule has 0 bridgehead atoms. The van der Waals surface area contributed by atoms with Crippen LogP contribution in [0.25, 0.3) is 0 Å². The Kier molecular flexibility index (Phi) is 6.00. The van der Waals surface area contributed by atoms with Gasteiger partial charge in [-0.1, -0.05) is 30.3 Å². The van der Waals surface area contributed by atoms with E-state index in [2.05, 4.69) is 35.7 Å². The van der Waals surface area contributed by atoms with Gasteiger partial charge in [0.2, 0.25) is 0 Å². The van der Waals surface area contributed by atoms with Crippen LogP contribution in [0.5, 0.6) is 0 Å². The zero-order valence-corrected chi connectivity index (χ0v) is 12.9. The molecule has 21 heavy (non-hydrogen) atoms. The van der Waals surface area contributed by atoms with Crippen molar-refractivity contribution in [1.29, 1.82) is 0 Å². The highest BCUT2D eigenvalue weighted by Crippen LogP contribution is 2.31. The summed E-state index contributed by atoms with van der Waals surface area (Å²) in [7, 11) is 0. The van der Waals surface area contributed by atoms with E-state index in [0.717, 1.165) is 13.1 Å². The first-order valence-electron chi connectivity index (χ1n) is 7.81. The van der Waals surface area contributed by atoms with Gasteiger partial charge in [-0.3, -0.25) is 9.69 Å². The molecule has 1 aliphatic rings. The van der Waals surface area contributed by atoms with Crippen LogP contribution in [0.3, 0.4) is 0 Å². The van der Waals surface area contributed by atoms with Gasteiger partial charge in [-0.05, 0) is 43.2 Å². The molecule has 0 aromatic heterocycles. The quantitative estimate of drug-likeness (QED) is 0.570. The molecule has 0 spiro atoms. The van der Waals surface area contributed by atoms with Crippen molar-refractivity contribution < 1.29 is 9.53 Å². The van der Waals surface area contributed by atoms with Crippen LogP contribution >= 0.6 is 0 Å². The molecule has 0 amide bonds. The van der Waals surface area contributed by atoms with Crippen LogP contribution in [0.4, 0.5) is 0 Å². The molecule has 1 aromatic carbocycles. The molecular formula is C18H25NO2. The van der Waals surface area contributed by atoms with Gasteiger partial charge in [0.15, 0.2) is 0 Å². The maximum Gasteiger partial charge on any atom is 0.320 e. The normalized spacial score (nSPS) is 17.3. The number of benzene rings is 1. The molecule has 0 fully saturated rings. The third kappa shape index (κ3) is 4.43. The van der Waals surface area contributed by atoms with Gasteiger partial charge < -0.3 is 4.74 Å². The van der Waals surface area contributed by atoms with Gasteiger partial charge in [-0.2, -0.15) is 0 Å². The third-order valence-electron chi connectivity index (χ3n) is 4.02. The average Bonchev–Trinajstić information content (AvgIpc) is 2.48. The Hall–Kier alpha value is -1.61. The lowest BCUT2D eigenvalue weighted by molar-refractivity contribution is -0.144. The van der Waals surface area contributed by atoms with Gasteiger partial charge in [-0.25, -0.2) is 0 Å². The zero-order valence-electron chi connectivity index (χ0n) is 12.9. The number of rotatable bonds is 7. The van der Waals surface area contributed by atoms with Crippen molar-refractivity contribution in [3.8, 4) is 0 Å². The summed E-state index contributed by atoms with van der Waals surface area (Å²) in [6.45, 7) is 8.03. The van der Waals surface area contributed by atoms with Gasteiger partial charge in [0.1, 0.15) is 0 Å². The van der Waals surface area contributed by atoms with Crippen LogP contribution in [0.1, 0.15) is 36.8 Å². The van der Waals surface area contributed by atoms with Crippen molar-refractivity contribution in [1.82, 2.24) is 4.90 Å². The molecule has 0 saturated carbocycles. The molecule has 0 radical (unpaired) electrons. The molecule has 0 heterocycles. The van der Waals surface area contributed by atoms with Crippen LogP contribution < -0.4 is 0 Å². The van der Waals surface area contributed by atoms with Gasteiger partial charge in [0, 0.05) is 13.1 Å². The number of hydrogen-bond donors (Lipinski definition) is 0. The molecular weight excluding hydrogens is 262 g/mol. The summed E-state index contributed by atoms with van der Waals surface area (Å²) in [4.78, 5) is 13.9. The Morgan fingerprint density at radius 2 is 2.29 bits per heavy atom. The highest BCUT2D eigenvalue weighted by atomic mass is 16.5. The molecule has 1 aliphatic carbocycles. The summed E-state index contributed by atoms with van der Waals surface area (Å²) in [5.41, 5.74) is 2.91. The zero-order chi connectivity index (χ0) is 15.1. The average molecular weight is 287 g/mol. The predicted octanol–water partition coefficient (Wildman–Crippen LogP) is 3.16. The minimum atomic E-state index is -0.150. The Labute approximate surface area is 127 Å². The van der Waals surface area contributed by atoms with E-state index in [1.54, 1.807) is 0 Å². The Bertz CT molecular complexity index is 484. The first-order chi connectivity index (χ1) is 10.2. The van der Waals surface area contributed by atoms with E-state index in [-0.39, 0.29) is 5.97 Å². The van der Waals surface area contributed by atoms with Crippen molar-refractivity contribution in [2.45, 2.75) is 32.1 Å². The summed E-state index contributed by atoms with van der Waals surface area (Å²) in [5.74, 6) is 0.354. The molecule has 2 rings (SSSR count). The molecule has 114 valence electrons. The third-order valence-corrected chi connectivity index (χ3v) is 4.02.